The molecule has 1 N–H and O–H groups in total. The molecule has 0 spiro atoms. The molecule has 0 radical (unpaired) electrons. The van der Waals surface area contributed by atoms with Crippen LogP contribution >= 0.6 is 0 Å². The standard InChI is InChI=1S/C15H25NO4/c1-12(17)15-13(6-5-7-14(15)20-4)16(8-10-18-2)9-11-19-3/h5-7,12,17H,8-11H2,1-4H3/t12-/m1/s1. The molecule has 0 aromatic heterocycles. The molecule has 0 fully saturated rings. The number of anilines is 1. The van der Waals surface area contributed by atoms with Gasteiger partial charge in [0.05, 0.1) is 26.4 Å². The molecule has 5 nitrogen and oxygen atoms in total. The van der Waals surface area contributed by atoms with Gasteiger partial charge in [-0.2, -0.15) is 0 Å². The number of hydrogen-bond donors (Lipinski definition) is 1. The highest BCUT2D eigenvalue weighted by Gasteiger charge is 2.18. The number of ether oxygens (including phenoxy) is 3. The number of methoxy groups -OCH3 is 3. The summed E-state index contributed by atoms with van der Waals surface area (Å²) in [6, 6.07) is 5.76. The fourth-order valence-electron chi connectivity index (χ4n) is 2.16. The third-order valence-corrected chi connectivity index (χ3v) is 3.15. The fourth-order valence-corrected chi connectivity index (χ4v) is 2.16. The number of aliphatic hydroxyl groups is 1. The van der Waals surface area contributed by atoms with Crippen LogP contribution in [0.2, 0.25) is 0 Å². The van der Waals surface area contributed by atoms with Crippen LogP contribution in [0.1, 0.15) is 18.6 Å². The second kappa shape index (κ2) is 8.79. The minimum absolute atomic E-state index is 0.603. The average Bonchev–Trinajstić information content (AvgIpc) is 2.46. The first-order valence-electron chi connectivity index (χ1n) is 6.73. The first-order chi connectivity index (χ1) is 9.65. The van der Waals surface area contributed by atoms with Crippen LogP contribution in [0, 0.1) is 0 Å². The molecule has 0 aliphatic rings. The lowest BCUT2D eigenvalue weighted by atomic mass is 10.1. The molecule has 0 unspecified atom stereocenters. The summed E-state index contributed by atoms with van der Waals surface area (Å²) < 4.78 is 15.7. The lowest BCUT2D eigenvalue weighted by molar-refractivity contribution is 0.186. The summed E-state index contributed by atoms with van der Waals surface area (Å²) in [7, 11) is 4.96. The molecule has 1 aromatic rings. The summed E-state index contributed by atoms with van der Waals surface area (Å²) in [6.07, 6.45) is -0.603. The summed E-state index contributed by atoms with van der Waals surface area (Å²) in [5.74, 6) is 0.692. The van der Waals surface area contributed by atoms with E-state index in [1.165, 1.54) is 0 Å². The van der Waals surface area contributed by atoms with Gasteiger partial charge >= 0.3 is 0 Å². The molecule has 5 heteroatoms. The van der Waals surface area contributed by atoms with Crippen LogP contribution in [0.4, 0.5) is 5.69 Å². The lowest BCUT2D eigenvalue weighted by Crippen LogP contribution is -2.31. The van der Waals surface area contributed by atoms with E-state index in [-0.39, 0.29) is 0 Å². The van der Waals surface area contributed by atoms with Gasteiger partial charge in [0.25, 0.3) is 0 Å². The van der Waals surface area contributed by atoms with Crippen molar-refractivity contribution in [2.75, 3.05) is 52.5 Å². The van der Waals surface area contributed by atoms with Crippen LogP contribution in [0.5, 0.6) is 5.75 Å². The third-order valence-electron chi connectivity index (χ3n) is 3.15. The first-order valence-corrected chi connectivity index (χ1v) is 6.73. The van der Waals surface area contributed by atoms with E-state index in [1.54, 1.807) is 28.3 Å². The maximum absolute atomic E-state index is 10.0. The Kier molecular flexibility index (Phi) is 7.36. The molecular formula is C15H25NO4. The molecule has 114 valence electrons. The van der Waals surface area contributed by atoms with E-state index in [2.05, 4.69) is 4.90 Å². The topological polar surface area (TPSA) is 51.2 Å². The molecule has 0 bridgehead atoms. The van der Waals surface area contributed by atoms with Gasteiger partial charge in [0.2, 0.25) is 0 Å². The number of rotatable bonds is 9. The molecule has 0 heterocycles. The van der Waals surface area contributed by atoms with E-state index in [0.717, 1.165) is 24.3 Å². The van der Waals surface area contributed by atoms with Gasteiger partial charge in [0.1, 0.15) is 5.75 Å². The van der Waals surface area contributed by atoms with Crippen molar-refractivity contribution in [1.82, 2.24) is 0 Å². The molecule has 0 aliphatic heterocycles. The van der Waals surface area contributed by atoms with E-state index in [1.807, 2.05) is 18.2 Å². The largest absolute Gasteiger partial charge is 0.496 e. The van der Waals surface area contributed by atoms with E-state index >= 15 is 0 Å². The second-order valence-electron chi connectivity index (χ2n) is 4.54. The van der Waals surface area contributed by atoms with Crippen molar-refractivity contribution < 1.29 is 19.3 Å². The first kappa shape index (κ1) is 16.8. The zero-order chi connectivity index (χ0) is 15.0. The predicted molar refractivity (Wildman–Crippen MR) is 79.6 cm³/mol. The van der Waals surface area contributed by atoms with Crippen molar-refractivity contribution in [3.8, 4) is 5.75 Å². The van der Waals surface area contributed by atoms with Gasteiger partial charge in [0.15, 0.2) is 0 Å². The van der Waals surface area contributed by atoms with Gasteiger partial charge in [-0.05, 0) is 19.1 Å². The van der Waals surface area contributed by atoms with E-state index in [4.69, 9.17) is 14.2 Å². The monoisotopic (exact) mass is 283 g/mol. The number of benzene rings is 1. The summed E-state index contributed by atoms with van der Waals surface area (Å²) in [6.45, 7) is 4.42. The zero-order valence-corrected chi connectivity index (χ0v) is 12.8. The van der Waals surface area contributed by atoms with Crippen molar-refractivity contribution >= 4 is 5.69 Å². The Balaban J connectivity index is 3.09. The Bertz CT molecular complexity index is 387. The predicted octanol–water partition coefficient (Wildman–Crippen LogP) is 1.85. The Labute approximate surface area is 121 Å². The van der Waals surface area contributed by atoms with Gasteiger partial charge in [0, 0.05) is 38.6 Å². The molecule has 0 amide bonds. The summed E-state index contributed by atoms with van der Waals surface area (Å²) in [4.78, 5) is 2.14. The van der Waals surface area contributed by atoms with Gasteiger partial charge in [-0.15, -0.1) is 0 Å². The Morgan fingerprint density at radius 3 is 2.15 bits per heavy atom. The van der Waals surface area contributed by atoms with Crippen LogP contribution < -0.4 is 9.64 Å². The summed E-state index contributed by atoms with van der Waals surface area (Å²) >= 11 is 0. The second-order valence-corrected chi connectivity index (χ2v) is 4.54. The molecule has 0 saturated carbocycles. The highest BCUT2D eigenvalue weighted by atomic mass is 16.5. The minimum atomic E-state index is -0.603. The van der Waals surface area contributed by atoms with Crippen molar-refractivity contribution in [2.45, 2.75) is 13.0 Å². The van der Waals surface area contributed by atoms with Gasteiger partial charge < -0.3 is 24.2 Å². The molecule has 1 aromatic carbocycles. The van der Waals surface area contributed by atoms with Gasteiger partial charge in [-0.25, -0.2) is 0 Å². The van der Waals surface area contributed by atoms with E-state index in [9.17, 15) is 5.11 Å². The SMILES string of the molecule is COCCN(CCOC)c1cccc(OC)c1[C@@H](C)O. The molecule has 1 atom stereocenters. The average molecular weight is 283 g/mol. The Hall–Kier alpha value is -1.30. The van der Waals surface area contributed by atoms with Gasteiger partial charge in [-0.1, -0.05) is 6.07 Å². The minimum Gasteiger partial charge on any atom is -0.496 e. The summed E-state index contributed by atoms with van der Waals surface area (Å²) in [5.41, 5.74) is 1.75. The molecule has 1 rings (SSSR count). The molecule has 0 aliphatic carbocycles. The van der Waals surface area contributed by atoms with Crippen molar-refractivity contribution in [3.05, 3.63) is 23.8 Å². The fraction of sp³-hybridized carbons (Fsp3) is 0.600. The smallest absolute Gasteiger partial charge is 0.126 e. The van der Waals surface area contributed by atoms with Crippen LogP contribution in [-0.4, -0.2) is 52.7 Å². The highest BCUT2D eigenvalue weighted by molar-refractivity contribution is 5.60. The van der Waals surface area contributed by atoms with Crippen molar-refractivity contribution in [2.24, 2.45) is 0 Å². The van der Waals surface area contributed by atoms with Crippen LogP contribution in [0.15, 0.2) is 18.2 Å². The van der Waals surface area contributed by atoms with E-state index in [0.29, 0.717) is 19.0 Å². The molecular weight excluding hydrogens is 258 g/mol. The maximum atomic E-state index is 10.0. The van der Waals surface area contributed by atoms with Crippen molar-refractivity contribution in [1.29, 1.82) is 0 Å². The number of nitrogens with zero attached hydrogens (tertiary/aromatic N) is 1. The maximum Gasteiger partial charge on any atom is 0.126 e. The Morgan fingerprint density at radius 1 is 1.10 bits per heavy atom. The van der Waals surface area contributed by atoms with Crippen LogP contribution in [-0.2, 0) is 9.47 Å². The van der Waals surface area contributed by atoms with Crippen LogP contribution in [0.25, 0.3) is 0 Å². The molecule has 0 saturated heterocycles. The highest BCUT2D eigenvalue weighted by Crippen LogP contribution is 2.34. The molecule has 20 heavy (non-hydrogen) atoms. The Morgan fingerprint density at radius 2 is 1.70 bits per heavy atom. The normalized spacial score (nSPS) is 12.2. The quantitative estimate of drug-likeness (QED) is 0.749. The van der Waals surface area contributed by atoms with Gasteiger partial charge in [-0.3, -0.25) is 0 Å². The number of hydrogen-bond acceptors (Lipinski definition) is 5. The lowest BCUT2D eigenvalue weighted by Gasteiger charge is -2.28. The number of aliphatic hydroxyl groups excluding tert-OH is 1. The van der Waals surface area contributed by atoms with Crippen LogP contribution in [0.3, 0.4) is 0 Å². The third kappa shape index (κ3) is 4.37. The summed E-state index contributed by atoms with van der Waals surface area (Å²) in [5, 5.41) is 10.0. The van der Waals surface area contributed by atoms with Crippen molar-refractivity contribution in [3.63, 3.8) is 0 Å². The van der Waals surface area contributed by atoms with E-state index < -0.39 is 6.10 Å². The zero-order valence-electron chi connectivity index (χ0n) is 12.8.